The van der Waals surface area contributed by atoms with Crippen LogP contribution < -0.4 is 11.1 Å². The molecule has 1 heterocycles. The zero-order chi connectivity index (χ0) is 29.3. The van der Waals surface area contributed by atoms with Crippen LogP contribution >= 0.6 is 11.6 Å². The van der Waals surface area contributed by atoms with Crippen LogP contribution in [0, 0.1) is 17.7 Å². The van der Waals surface area contributed by atoms with E-state index in [1.54, 1.807) is 20.2 Å². The van der Waals surface area contributed by atoms with E-state index in [9.17, 15) is 27.5 Å². The van der Waals surface area contributed by atoms with Gasteiger partial charge in [-0.1, -0.05) is 18.2 Å². The number of carbonyl (C=O) groups is 1. The number of anilines is 2. The number of rotatable bonds is 6. The number of hydrogen-bond acceptors (Lipinski definition) is 6. The molecule has 4 N–H and O–H groups in total. The predicted octanol–water partition coefficient (Wildman–Crippen LogP) is 5.88. The zero-order valence-electron chi connectivity index (χ0n) is 22.3. The molecule has 2 fully saturated rings. The number of halogens is 5. The van der Waals surface area contributed by atoms with Crippen molar-refractivity contribution in [1.29, 1.82) is 0 Å². The van der Waals surface area contributed by atoms with Crippen LogP contribution in [0.15, 0.2) is 42.2 Å². The summed E-state index contributed by atoms with van der Waals surface area (Å²) in [5.74, 6) is 0.402. The fourth-order valence-corrected chi connectivity index (χ4v) is 5.72. The number of nitrogens with zero attached hydrogens (tertiary/aromatic N) is 3. The molecule has 2 aliphatic rings. The third-order valence-electron chi connectivity index (χ3n) is 7.71. The number of aryl methyl sites for hydroxylation is 1. The number of allylic oxidation sites excluding steroid dienone is 1. The Labute approximate surface area is 230 Å². The third kappa shape index (κ3) is 6.58. The standard InChI is InChI=1S/C20H27F3N4O2.C7H7ClFN/c1-11(20(21,22)23)9-26(3)12(2)19(29)7-14-5-13(6-15(14)8-19)17-16(10-28)18(24)27(4)25-17;1-10-5-2-3-7(9)6(8)4-5/h9-10,13-15,29H,2,5-8,24H2,1,3-4H3;2-4,10H,1H3/b11-9+;. The Bertz CT molecular complexity index is 1250. The highest BCUT2D eigenvalue weighted by Crippen LogP contribution is 2.56. The van der Waals surface area contributed by atoms with E-state index in [0.29, 0.717) is 29.9 Å². The minimum atomic E-state index is -4.42. The number of aliphatic hydroxyl groups is 1. The highest BCUT2D eigenvalue weighted by atomic mass is 35.5. The van der Waals surface area contributed by atoms with E-state index >= 15 is 0 Å². The SMILES string of the molecule is C=C(N(C)/C=C(\C)C(F)(F)F)C1(O)CC2CC(c3nn(C)c(N)c3C=O)CC2C1.CNc1ccc(F)c(Cl)c1. The van der Waals surface area contributed by atoms with E-state index in [2.05, 4.69) is 17.0 Å². The van der Waals surface area contributed by atoms with Crippen molar-refractivity contribution in [2.75, 3.05) is 25.1 Å². The van der Waals surface area contributed by atoms with Crippen molar-refractivity contribution in [2.24, 2.45) is 18.9 Å². The van der Waals surface area contributed by atoms with Crippen molar-refractivity contribution in [3.05, 3.63) is 64.3 Å². The van der Waals surface area contributed by atoms with Gasteiger partial charge in [0.2, 0.25) is 0 Å². The Hall–Kier alpha value is -3.05. The van der Waals surface area contributed by atoms with Gasteiger partial charge in [-0.3, -0.25) is 9.48 Å². The molecule has 0 aliphatic heterocycles. The van der Waals surface area contributed by atoms with Crippen molar-refractivity contribution >= 4 is 29.4 Å². The molecule has 1 aromatic heterocycles. The molecule has 1 aromatic carbocycles. The molecule has 4 rings (SSSR count). The minimum absolute atomic E-state index is 0.0802. The Kier molecular flexibility index (Phi) is 9.06. The molecule has 0 bridgehead atoms. The monoisotopic (exact) mass is 571 g/mol. The largest absolute Gasteiger partial charge is 0.413 e. The second-order valence-corrected chi connectivity index (χ2v) is 10.7. The fraction of sp³-hybridized carbons (Fsp3) is 0.481. The van der Waals surface area contributed by atoms with Crippen molar-refractivity contribution in [3.63, 3.8) is 0 Å². The van der Waals surface area contributed by atoms with Gasteiger partial charge in [0.25, 0.3) is 0 Å². The summed E-state index contributed by atoms with van der Waals surface area (Å²) in [4.78, 5) is 12.7. The van der Waals surface area contributed by atoms with Crippen molar-refractivity contribution < 1.29 is 27.5 Å². The molecule has 39 heavy (non-hydrogen) atoms. The summed E-state index contributed by atoms with van der Waals surface area (Å²) >= 11 is 5.48. The molecule has 0 spiro atoms. The summed E-state index contributed by atoms with van der Waals surface area (Å²) in [6.07, 6.45) is -0.378. The van der Waals surface area contributed by atoms with Crippen molar-refractivity contribution in [3.8, 4) is 0 Å². The number of benzene rings is 1. The third-order valence-corrected chi connectivity index (χ3v) is 8.00. The molecule has 2 atom stereocenters. The Morgan fingerprint density at radius 3 is 2.41 bits per heavy atom. The lowest BCUT2D eigenvalue weighted by atomic mass is 9.90. The van der Waals surface area contributed by atoms with E-state index in [1.165, 1.54) is 28.8 Å². The maximum Gasteiger partial charge on any atom is 0.413 e. The van der Waals surface area contributed by atoms with Gasteiger partial charge in [-0.2, -0.15) is 18.3 Å². The second kappa shape index (κ2) is 11.6. The summed E-state index contributed by atoms with van der Waals surface area (Å²) in [5.41, 5.74) is 6.11. The number of nitrogen functional groups attached to an aromatic ring is 1. The van der Waals surface area contributed by atoms with Crippen LogP contribution in [0.3, 0.4) is 0 Å². The molecule has 0 saturated heterocycles. The molecule has 2 aliphatic carbocycles. The number of likely N-dealkylation sites (N-methyl/N-ethyl adjacent to an activating group) is 1. The van der Waals surface area contributed by atoms with Crippen LogP contribution in [0.2, 0.25) is 5.02 Å². The molecule has 0 amide bonds. The highest BCUT2D eigenvalue weighted by molar-refractivity contribution is 6.31. The first kappa shape index (κ1) is 30.5. The van der Waals surface area contributed by atoms with Gasteiger partial charge in [0.15, 0.2) is 6.29 Å². The average molecular weight is 572 g/mol. The Morgan fingerprint density at radius 2 is 1.92 bits per heavy atom. The van der Waals surface area contributed by atoms with Crippen molar-refractivity contribution in [1.82, 2.24) is 14.7 Å². The minimum Gasteiger partial charge on any atom is -0.388 e. The first-order chi connectivity index (χ1) is 18.1. The van der Waals surface area contributed by atoms with E-state index < -0.39 is 17.4 Å². The van der Waals surface area contributed by atoms with E-state index in [1.807, 2.05) is 0 Å². The molecule has 2 aromatic rings. The number of aromatic nitrogens is 2. The summed E-state index contributed by atoms with van der Waals surface area (Å²) in [5, 5.41) is 18.5. The van der Waals surface area contributed by atoms with E-state index in [0.717, 1.165) is 37.9 Å². The average Bonchev–Trinajstić information content (AvgIpc) is 3.49. The smallest absolute Gasteiger partial charge is 0.388 e. The molecular weight excluding hydrogens is 538 g/mol. The fourth-order valence-electron chi connectivity index (χ4n) is 5.54. The van der Waals surface area contributed by atoms with Gasteiger partial charge in [-0.05, 0) is 62.6 Å². The summed E-state index contributed by atoms with van der Waals surface area (Å²) in [7, 11) is 4.92. The van der Waals surface area contributed by atoms with Gasteiger partial charge < -0.3 is 21.1 Å². The molecular formula is C27H34ClF4N5O2. The lowest BCUT2D eigenvalue weighted by molar-refractivity contribution is -0.0924. The first-order valence-corrected chi connectivity index (χ1v) is 12.8. The second-order valence-electron chi connectivity index (χ2n) is 10.3. The van der Waals surface area contributed by atoms with Gasteiger partial charge in [-0.15, -0.1) is 0 Å². The van der Waals surface area contributed by atoms with Gasteiger partial charge >= 0.3 is 6.18 Å². The summed E-state index contributed by atoms with van der Waals surface area (Å²) in [6.45, 7) is 4.87. The van der Waals surface area contributed by atoms with Gasteiger partial charge in [0.1, 0.15) is 17.2 Å². The quantitative estimate of drug-likeness (QED) is 0.296. The van der Waals surface area contributed by atoms with Gasteiger partial charge in [0.05, 0.1) is 16.3 Å². The number of nitrogens with two attached hydrogens (primary N) is 1. The number of fused-ring (bicyclic) bond motifs is 1. The van der Waals surface area contributed by atoms with Crippen LogP contribution in [0.4, 0.5) is 29.1 Å². The van der Waals surface area contributed by atoms with Crippen LogP contribution in [-0.4, -0.2) is 51.9 Å². The number of hydrogen-bond donors (Lipinski definition) is 3. The lowest BCUT2D eigenvalue weighted by Crippen LogP contribution is -2.35. The maximum absolute atomic E-state index is 12.8. The van der Waals surface area contributed by atoms with Crippen LogP contribution in [0.25, 0.3) is 0 Å². The van der Waals surface area contributed by atoms with E-state index in [4.69, 9.17) is 17.3 Å². The molecule has 0 radical (unpaired) electrons. The molecule has 7 nitrogen and oxygen atoms in total. The first-order valence-electron chi connectivity index (χ1n) is 12.4. The number of alkyl halides is 3. The Morgan fingerprint density at radius 1 is 1.33 bits per heavy atom. The molecule has 2 saturated carbocycles. The van der Waals surface area contributed by atoms with Crippen LogP contribution in [-0.2, 0) is 7.05 Å². The molecule has 2 unspecified atom stereocenters. The number of carbonyl (C=O) groups excluding carboxylic acids is 1. The molecule has 12 heteroatoms. The Balaban J connectivity index is 0.000000353. The van der Waals surface area contributed by atoms with Crippen LogP contribution in [0.5, 0.6) is 0 Å². The van der Waals surface area contributed by atoms with Gasteiger partial charge in [0, 0.05) is 50.2 Å². The lowest BCUT2D eigenvalue weighted by Gasteiger charge is -2.32. The topological polar surface area (TPSA) is 96.4 Å². The van der Waals surface area contributed by atoms with Gasteiger partial charge in [-0.25, -0.2) is 4.39 Å². The molecule has 214 valence electrons. The summed E-state index contributed by atoms with van der Waals surface area (Å²) < 4.78 is 52.4. The maximum atomic E-state index is 12.8. The van der Waals surface area contributed by atoms with Crippen LogP contribution in [0.1, 0.15) is 54.6 Å². The normalized spacial score (nSPS) is 24.6. The van der Waals surface area contributed by atoms with Crippen molar-refractivity contribution in [2.45, 2.75) is 50.3 Å². The predicted molar refractivity (Wildman–Crippen MR) is 144 cm³/mol. The highest BCUT2D eigenvalue weighted by Gasteiger charge is 2.51. The number of nitrogens with one attached hydrogen (secondary N) is 1. The zero-order valence-corrected chi connectivity index (χ0v) is 23.1. The van der Waals surface area contributed by atoms with E-state index in [-0.39, 0.29) is 34.3 Å². The number of aldehydes is 1. The summed E-state index contributed by atoms with van der Waals surface area (Å²) in [6, 6.07) is 4.49.